The molecule has 0 spiro atoms. The van der Waals surface area contributed by atoms with E-state index in [4.69, 9.17) is 9.84 Å². The predicted octanol–water partition coefficient (Wildman–Crippen LogP) is 1.08. The molecule has 1 rings (SSSR count). The second kappa shape index (κ2) is 3.86. The summed E-state index contributed by atoms with van der Waals surface area (Å²) in [6.45, 7) is 4.19. The topological polar surface area (TPSA) is 66.8 Å². The van der Waals surface area contributed by atoms with Crippen LogP contribution in [0.5, 0.6) is 0 Å². The standard InChI is InChI=1S/C9H15NO4/c1-3-9(4-2,7(11)12)10-5-6-14-8(10)13/h3-6H2,1-2H3,(H,11,12). The summed E-state index contributed by atoms with van der Waals surface area (Å²) in [4.78, 5) is 23.8. The van der Waals surface area contributed by atoms with Crippen LogP contribution in [0.2, 0.25) is 0 Å². The van der Waals surface area contributed by atoms with E-state index >= 15 is 0 Å². The number of rotatable bonds is 4. The predicted molar refractivity (Wildman–Crippen MR) is 49.0 cm³/mol. The van der Waals surface area contributed by atoms with Gasteiger partial charge in [-0.25, -0.2) is 9.59 Å². The van der Waals surface area contributed by atoms with Gasteiger partial charge in [0.1, 0.15) is 12.1 Å². The third-order valence-electron chi connectivity index (χ3n) is 2.85. The SMILES string of the molecule is CCC(CC)(C(=O)O)N1CCOC1=O. The molecule has 0 aliphatic carbocycles. The summed E-state index contributed by atoms with van der Waals surface area (Å²) in [7, 11) is 0. The van der Waals surface area contributed by atoms with Gasteiger partial charge in [-0.15, -0.1) is 0 Å². The number of hydrogen-bond donors (Lipinski definition) is 1. The quantitative estimate of drug-likeness (QED) is 0.739. The second-order valence-electron chi connectivity index (χ2n) is 3.31. The van der Waals surface area contributed by atoms with Gasteiger partial charge in [0.25, 0.3) is 0 Å². The molecule has 5 heteroatoms. The van der Waals surface area contributed by atoms with Crippen molar-refractivity contribution in [1.29, 1.82) is 0 Å². The highest BCUT2D eigenvalue weighted by Crippen LogP contribution is 2.27. The maximum atomic E-state index is 11.3. The number of aliphatic carboxylic acids is 1. The molecule has 1 amide bonds. The van der Waals surface area contributed by atoms with Crippen LogP contribution in [-0.2, 0) is 9.53 Å². The Morgan fingerprint density at radius 3 is 2.43 bits per heavy atom. The fraction of sp³-hybridized carbons (Fsp3) is 0.778. The summed E-state index contributed by atoms with van der Waals surface area (Å²) in [5.41, 5.74) is -1.09. The normalized spacial score (nSPS) is 17.0. The maximum Gasteiger partial charge on any atom is 0.410 e. The molecule has 1 saturated heterocycles. The van der Waals surface area contributed by atoms with Crippen LogP contribution in [-0.4, -0.2) is 40.8 Å². The number of ether oxygens (including phenoxy) is 1. The van der Waals surface area contributed by atoms with Crippen molar-refractivity contribution >= 4 is 12.1 Å². The van der Waals surface area contributed by atoms with Crippen molar-refractivity contribution in [3.05, 3.63) is 0 Å². The molecule has 14 heavy (non-hydrogen) atoms. The summed E-state index contributed by atoms with van der Waals surface area (Å²) >= 11 is 0. The third-order valence-corrected chi connectivity index (χ3v) is 2.85. The van der Waals surface area contributed by atoms with E-state index in [9.17, 15) is 9.59 Å². The number of carboxylic acid groups (broad SMARTS) is 1. The van der Waals surface area contributed by atoms with Crippen LogP contribution >= 0.6 is 0 Å². The highest BCUT2D eigenvalue weighted by Gasteiger charge is 2.46. The molecule has 1 heterocycles. The molecule has 0 atom stereocenters. The lowest BCUT2D eigenvalue weighted by molar-refractivity contribution is -0.149. The molecule has 1 aliphatic heterocycles. The molecule has 0 saturated carbocycles. The fourth-order valence-corrected chi connectivity index (χ4v) is 1.83. The van der Waals surface area contributed by atoms with E-state index in [1.165, 1.54) is 4.90 Å². The van der Waals surface area contributed by atoms with Gasteiger partial charge in [-0.1, -0.05) is 13.8 Å². The highest BCUT2D eigenvalue weighted by molar-refractivity contribution is 5.85. The highest BCUT2D eigenvalue weighted by atomic mass is 16.6. The minimum atomic E-state index is -1.09. The Balaban J connectivity index is 2.96. The number of hydrogen-bond acceptors (Lipinski definition) is 3. The molecular weight excluding hydrogens is 186 g/mol. The number of carbonyl (C=O) groups excluding carboxylic acids is 1. The number of cyclic esters (lactones) is 1. The fourth-order valence-electron chi connectivity index (χ4n) is 1.83. The van der Waals surface area contributed by atoms with Gasteiger partial charge in [-0.3, -0.25) is 4.90 Å². The van der Waals surface area contributed by atoms with Gasteiger partial charge in [0, 0.05) is 0 Å². The zero-order valence-corrected chi connectivity index (χ0v) is 8.45. The Hall–Kier alpha value is -1.26. The monoisotopic (exact) mass is 201 g/mol. The third kappa shape index (κ3) is 1.42. The Bertz CT molecular complexity index is 247. The van der Waals surface area contributed by atoms with Crippen LogP contribution in [0, 0.1) is 0 Å². The minimum absolute atomic E-state index is 0.286. The van der Waals surface area contributed by atoms with Gasteiger partial charge < -0.3 is 9.84 Å². The lowest BCUT2D eigenvalue weighted by atomic mass is 9.91. The average molecular weight is 201 g/mol. The molecule has 1 aliphatic rings. The van der Waals surface area contributed by atoms with Crippen molar-refractivity contribution < 1.29 is 19.4 Å². The van der Waals surface area contributed by atoms with Gasteiger partial charge >= 0.3 is 12.1 Å². The molecule has 0 aromatic heterocycles. The van der Waals surface area contributed by atoms with Gasteiger partial charge in [-0.05, 0) is 12.8 Å². The maximum absolute atomic E-state index is 11.3. The molecule has 0 aromatic carbocycles. The lowest BCUT2D eigenvalue weighted by Crippen LogP contribution is -2.54. The lowest BCUT2D eigenvalue weighted by Gasteiger charge is -2.34. The summed E-state index contributed by atoms with van der Waals surface area (Å²) < 4.78 is 4.75. The Kier molecular flexibility index (Phi) is 2.98. The average Bonchev–Trinajstić information content (AvgIpc) is 2.55. The number of carboxylic acids is 1. The van der Waals surface area contributed by atoms with Gasteiger partial charge in [0.05, 0.1) is 6.54 Å². The summed E-state index contributed by atoms with van der Waals surface area (Å²) in [5.74, 6) is -0.957. The first kappa shape index (κ1) is 10.8. The first-order chi connectivity index (χ1) is 6.58. The van der Waals surface area contributed by atoms with Gasteiger partial charge in [-0.2, -0.15) is 0 Å². The molecule has 0 unspecified atom stereocenters. The summed E-state index contributed by atoms with van der Waals surface area (Å²) in [6.07, 6.45) is 0.276. The number of carbonyl (C=O) groups is 2. The zero-order chi connectivity index (χ0) is 10.8. The van der Waals surface area contributed by atoms with Crippen LogP contribution in [0.15, 0.2) is 0 Å². The van der Waals surface area contributed by atoms with Crippen LogP contribution in [0.25, 0.3) is 0 Å². The zero-order valence-electron chi connectivity index (χ0n) is 8.45. The molecule has 1 fully saturated rings. The van der Waals surface area contributed by atoms with E-state index in [2.05, 4.69) is 0 Å². The molecule has 1 N–H and O–H groups in total. The summed E-state index contributed by atoms with van der Waals surface area (Å²) in [5, 5.41) is 9.15. The largest absolute Gasteiger partial charge is 0.479 e. The number of nitrogens with zero attached hydrogens (tertiary/aromatic N) is 1. The van der Waals surface area contributed by atoms with Crippen molar-refractivity contribution in [1.82, 2.24) is 4.90 Å². The first-order valence-electron chi connectivity index (χ1n) is 4.76. The van der Waals surface area contributed by atoms with Gasteiger partial charge in [0.2, 0.25) is 0 Å². The van der Waals surface area contributed by atoms with Crippen molar-refractivity contribution in [3.8, 4) is 0 Å². The Morgan fingerprint density at radius 1 is 1.57 bits per heavy atom. The first-order valence-corrected chi connectivity index (χ1v) is 4.76. The molecular formula is C9H15NO4. The Labute approximate surface area is 82.6 Å². The van der Waals surface area contributed by atoms with Crippen LogP contribution in [0.4, 0.5) is 4.79 Å². The minimum Gasteiger partial charge on any atom is -0.479 e. The van der Waals surface area contributed by atoms with Crippen molar-refractivity contribution in [2.24, 2.45) is 0 Å². The van der Waals surface area contributed by atoms with E-state index in [0.717, 1.165) is 0 Å². The summed E-state index contributed by atoms with van der Waals surface area (Å²) in [6, 6.07) is 0. The van der Waals surface area contributed by atoms with Crippen LogP contribution in [0.1, 0.15) is 26.7 Å². The molecule has 0 aromatic rings. The van der Waals surface area contributed by atoms with E-state index in [1.54, 1.807) is 13.8 Å². The molecule has 80 valence electrons. The molecule has 0 radical (unpaired) electrons. The van der Waals surface area contributed by atoms with Crippen LogP contribution < -0.4 is 0 Å². The van der Waals surface area contributed by atoms with E-state index in [1.807, 2.05) is 0 Å². The Morgan fingerprint density at radius 2 is 2.14 bits per heavy atom. The second-order valence-corrected chi connectivity index (χ2v) is 3.31. The van der Waals surface area contributed by atoms with E-state index in [0.29, 0.717) is 19.4 Å². The van der Waals surface area contributed by atoms with Crippen molar-refractivity contribution in [2.75, 3.05) is 13.2 Å². The van der Waals surface area contributed by atoms with E-state index in [-0.39, 0.29) is 6.61 Å². The van der Waals surface area contributed by atoms with Crippen molar-refractivity contribution in [2.45, 2.75) is 32.2 Å². The smallest absolute Gasteiger partial charge is 0.410 e. The molecule has 5 nitrogen and oxygen atoms in total. The van der Waals surface area contributed by atoms with E-state index < -0.39 is 17.6 Å². The van der Waals surface area contributed by atoms with Crippen LogP contribution in [0.3, 0.4) is 0 Å². The molecule has 0 bridgehead atoms. The number of amides is 1. The van der Waals surface area contributed by atoms with Gasteiger partial charge in [0.15, 0.2) is 0 Å². The van der Waals surface area contributed by atoms with Crippen molar-refractivity contribution in [3.63, 3.8) is 0 Å².